The molecule has 1 saturated heterocycles. The quantitative estimate of drug-likeness (QED) is 0.908. The third-order valence-electron chi connectivity index (χ3n) is 3.56. The van der Waals surface area contributed by atoms with E-state index in [-0.39, 0.29) is 11.8 Å². The highest BCUT2D eigenvalue weighted by molar-refractivity contribution is 6.30. The second-order valence-electron chi connectivity index (χ2n) is 5.11. The van der Waals surface area contributed by atoms with Crippen LogP contribution in [0.4, 0.5) is 5.82 Å². The van der Waals surface area contributed by atoms with Crippen LogP contribution in [0.25, 0.3) is 0 Å². The molecule has 0 spiro atoms. The summed E-state index contributed by atoms with van der Waals surface area (Å²) in [7, 11) is 1.87. The highest BCUT2D eigenvalue weighted by atomic mass is 35.5. The molecule has 6 heteroatoms. The summed E-state index contributed by atoms with van der Waals surface area (Å²) >= 11 is 5.84. The van der Waals surface area contributed by atoms with Crippen molar-refractivity contribution < 1.29 is 4.79 Å². The van der Waals surface area contributed by atoms with E-state index >= 15 is 0 Å². The lowest BCUT2D eigenvalue weighted by molar-refractivity contribution is -0.135. The zero-order chi connectivity index (χ0) is 14.5. The monoisotopic (exact) mass is 296 g/mol. The van der Waals surface area contributed by atoms with E-state index in [2.05, 4.69) is 15.2 Å². The molecule has 5 nitrogen and oxygen atoms in total. The van der Waals surface area contributed by atoms with E-state index in [9.17, 15) is 4.79 Å². The van der Waals surface area contributed by atoms with E-state index in [1.54, 1.807) is 6.20 Å². The molecule has 1 fully saturated rings. The first kappa shape index (κ1) is 15.1. The van der Waals surface area contributed by atoms with Crippen molar-refractivity contribution in [2.45, 2.75) is 6.92 Å². The van der Waals surface area contributed by atoms with Crippen molar-refractivity contribution in [3.8, 4) is 0 Å². The molecule has 1 amide bonds. The molecule has 0 radical (unpaired) electrons. The van der Waals surface area contributed by atoms with E-state index in [4.69, 9.17) is 11.6 Å². The number of halogens is 1. The Hall–Kier alpha value is -1.33. The molecule has 1 N–H and O–H groups in total. The lowest BCUT2D eigenvalue weighted by Gasteiger charge is -2.36. The van der Waals surface area contributed by atoms with Crippen LogP contribution in [0.5, 0.6) is 0 Å². The first-order valence-corrected chi connectivity index (χ1v) is 7.29. The number of amides is 1. The molecule has 1 aliphatic rings. The van der Waals surface area contributed by atoms with Crippen LogP contribution in [-0.4, -0.2) is 55.6 Å². The van der Waals surface area contributed by atoms with Gasteiger partial charge in [0.15, 0.2) is 0 Å². The number of nitrogens with zero attached hydrogens (tertiary/aromatic N) is 3. The highest BCUT2D eigenvalue weighted by Gasteiger charge is 2.24. The number of hydrogen-bond donors (Lipinski definition) is 1. The number of carbonyl (C=O) groups excluding carboxylic acids is 1. The largest absolute Gasteiger partial charge is 0.353 e. The summed E-state index contributed by atoms with van der Waals surface area (Å²) < 4.78 is 0. The van der Waals surface area contributed by atoms with Crippen LogP contribution < -0.4 is 10.2 Å². The molecular weight excluding hydrogens is 276 g/mol. The van der Waals surface area contributed by atoms with Crippen molar-refractivity contribution >= 4 is 23.3 Å². The van der Waals surface area contributed by atoms with Gasteiger partial charge in [0.25, 0.3) is 0 Å². The third-order valence-corrected chi connectivity index (χ3v) is 3.78. The minimum Gasteiger partial charge on any atom is -0.353 e. The van der Waals surface area contributed by atoms with Gasteiger partial charge < -0.3 is 15.1 Å². The van der Waals surface area contributed by atoms with Crippen LogP contribution in [0.15, 0.2) is 18.3 Å². The van der Waals surface area contributed by atoms with Gasteiger partial charge in [0.1, 0.15) is 5.82 Å². The molecule has 110 valence electrons. The summed E-state index contributed by atoms with van der Waals surface area (Å²) in [5.41, 5.74) is 0. The fraction of sp³-hybridized carbons (Fsp3) is 0.571. The Morgan fingerprint density at radius 1 is 1.40 bits per heavy atom. The molecule has 0 saturated carbocycles. The molecule has 1 aromatic rings. The van der Waals surface area contributed by atoms with E-state index < -0.39 is 0 Å². The number of pyridine rings is 1. The van der Waals surface area contributed by atoms with Gasteiger partial charge in [0.2, 0.25) is 5.91 Å². The average Bonchev–Trinajstić information content (AvgIpc) is 2.48. The Morgan fingerprint density at radius 2 is 2.10 bits per heavy atom. The number of carbonyl (C=O) groups is 1. The number of rotatable bonds is 4. The average molecular weight is 297 g/mol. The number of nitrogens with one attached hydrogen (secondary N) is 1. The van der Waals surface area contributed by atoms with Crippen molar-refractivity contribution in [2.24, 2.45) is 5.92 Å². The van der Waals surface area contributed by atoms with Gasteiger partial charge in [0, 0.05) is 44.8 Å². The predicted octanol–water partition coefficient (Wildman–Crippen LogP) is 1.24. The van der Waals surface area contributed by atoms with E-state index in [0.29, 0.717) is 5.02 Å². The Kier molecular flexibility index (Phi) is 5.20. The summed E-state index contributed by atoms with van der Waals surface area (Å²) in [6, 6.07) is 3.76. The number of piperazine rings is 1. The van der Waals surface area contributed by atoms with Gasteiger partial charge in [-0.05, 0) is 19.2 Å². The molecular formula is C14H21ClN4O. The van der Waals surface area contributed by atoms with Crippen molar-refractivity contribution in [1.29, 1.82) is 0 Å². The molecule has 0 bridgehead atoms. The SMILES string of the molecule is CNCC(C)C(=O)N1CCN(c2ccc(Cl)cn2)CC1. The van der Waals surface area contributed by atoms with Crippen molar-refractivity contribution in [3.05, 3.63) is 23.4 Å². The van der Waals surface area contributed by atoms with Crippen molar-refractivity contribution in [2.75, 3.05) is 44.7 Å². The van der Waals surface area contributed by atoms with Crippen LogP contribution >= 0.6 is 11.6 Å². The summed E-state index contributed by atoms with van der Waals surface area (Å²) in [5.74, 6) is 1.17. The van der Waals surface area contributed by atoms with E-state index in [1.807, 2.05) is 31.0 Å². The summed E-state index contributed by atoms with van der Waals surface area (Å²) in [6.07, 6.45) is 1.66. The Balaban J connectivity index is 1.89. The van der Waals surface area contributed by atoms with E-state index in [0.717, 1.165) is 38.5 Å². The Morgan fingerprint density at radius 3 is 2.65 bits per heavy atom. The van der Waals surface area contributed by atoms with Crippen LogP contribution in [0.3, 0.4) is 0 Å². The molecule has 0 aromatic carbocycles. The maximum absolute atomic E-state index is 12.2. The normalized spacial score (nSPS) is 17.1. The fourth-order valence-electron chi connectivity index (χ4n) is 2.42. The zero-order valence-corrected chi connectivity index (χ0v) is 12.7. The van der Waals surface area contributed by atoms with E-state index in [1.165, 1.54) is 0 Å². The third kappa shape index (κ3) is 3.61. The lowest BCUT2D eigenvalue weighted by Crippen LogP contribution is -2.51. The van der Waals surface area contributed by atoms with Gasteiger partial charge in [-0.25, -0.2) is 4.98 Å². The highest BCUT2D eigenvalue weighted by Crippen LogP contribution is 2.16. The molecule has 1 unspecified atom stereocenters. The topological polar surface area (TPSA) is 48.5 Å². The Labute approximate surface area is 124 Å². The number of hydrogen-bond acceptors (Lipinski definition) is 4. The molecule has 20 heavy (non-hydrogen) atoms. The van der Waals surface area contributed by atoms with Gasteiger partial charge in [-0.2, -0.15) is 0 Å². The maximum Gasteiger partial charge on any atom is 0.226 e. The zero-order valence-electron chi connectivity index (χ0n) is 12.0. The fourth-order valence-corrected chi connectivity index (χ4v) is 2.53. The number of anilines is 1. The molecule has 2 heterocycles. The van der Waals surface area contributed by atoms with Crippen molar-refractivity contribution in [3.63, 3.8) is 0 Å². The van der Waals surface area contributed by atoms with Gasteiger partial charge in [-0.15, -0.1) is 0 Å². The standard InChI is InChI=1S/C14H21ClN4O/c1-11(9-16-2)14(20)19-7-5-18(6-8-19)13-4-3-12(15)10-17-13/h3-4,10-11,16H,5-9H2,1-2H3. The number of aromatic nitrogens is 1. The molecule has 1 aliphatic heterocycles. The second kappa shape index (κ2) is 6.90. The first-order valence-electron chi connectivity index (χ1n) is 6.91. The van der Waals surface area contributed by atoms with Crippen molar-refractivity contribution in [1.82, 2.24) is 15.2 Å². The van der Waals surface area contributed by atoms with Crippen LogP contribution in [0.1, 0.15) is 6.92 Å². The molecule has 1 aromatic heterocycles. The van der Waals surface area contributed by atoms with Crippen LogP contribution in [0.2, 0.25) is 5.02 Å². The van der Waals surface area contributed by atoms with Crippen LogP contribution in [-0.2, 0) is 4.79 Å². The first-order chi connectivity index (χ1) is 9.61. The second-order valence-corrected chi connectivity index (χ2v) is 5.54. The van der Waals surface area contributed by atoms with Gasteiger partial charge in [-0.3, -0.25) is 4.79 Å². The minimum absolute atomic E-state index is 0.0280. The van der Waals surface area contributed by atoms with Gasteiger partial charge >= 0.3 is 0 Å². The molecule has 0 aliphatic carbocycles. The molecule has 1 atom stereocenters. The minimum atomic E-state index is 0.0280. The van der Waals surface area contributed by atoms with Gasteiger partial charge in [-0.1, -0.05) is 18.5 Å². The Bertz CT molecular complexity index is 443. The lowest BCUT2D eigenvalue weighted by atomic mass is 10.1. The predicted molar refractivity (Wildman–Crippen MR) is 81.1 cm³/mol. The van der Waals surface area contributed by atoms with Gasteiger partial charge in [0.05, 0.1) is 5.02 Å². The smallest absolute Gasteiger partial charge is 0.226 e. The summed E-state index contributed by atoms with van der Waals surface area (Å²) in [4.78, 5) is 20.6. The molecule has 2 rings (SSSR count). The summed E-state index contributed by atoms with van der Waals surface area (Å²) in [6.45, 7) is 5.80. The summed E-state index contributed by atoms with van der Waals surface area (Å²) in [5, 5.41) is 3.69. The maximum atomic E-state index is 12.2. The van der Waals surface area contributed by atoms with Crippen LogP contribution in [0, 0.1) is 5.92 Å².